The van der Waals surface area contributed by atoms with Crippen LogP contribution in [-0.4, -0.2) is 43.0 Å². The van der Waals surface area contributed by atoms with Gasteiger partial charge in [-0.05, 0) is 38.8 Å². The normalized spacial score (nSPS) is 22.3. The molecule has 0 aromatic carbocycles. The van der Waals surface area contributed by atoms with E-state index in [1.807, 2.05) is 12.4 Å². The number of piperidine rings is 1. The predicted octanol–water partition coefficient (Wildman–Crippen LogP) is 3.46. The van der Waals surface area contributed by atoms with Gasteiger partial charge in [0.25, 0.3) is 0 Å². The van der Waals surface area contributed by atoms with Crippen molar-refractivity contribution < 1.29 is 0 Å². The van der Waals surface area contributed by atoms with Crippen molar-refractivity contribution in [3.05, 3.63) is 24.8 Å². The highest BCUT2D eigenvalue weighted by molar-refractivity contribution is 5.43. The molecule has 2 aliphatic rings. The molecule has 23 heavy (non-hydrogen) atoms. The van der Waals surface area contributed by atoms with Gasteiger partial charge in [-0.15, -0.1) is 0 Å². The third kappa shape index (κ3) is 2.94. The van der Waals surface area contributed by atoms with Crippen LogP contribution < -0.4 is 0 Å². The average molecular weight is 313 g/mol. The fourth-order valence-corrected chi connectivity index (χ4v) is 4.51. The fourth-order valence-electron chi connectivity index (χ4n) is 4.51. The van der Waals surface area contributed by atoms with Crippen LogP contribution in [0.3, 0.4) is 0 Å². The van der Waals surface area contributed by atoms with Gasteiger partial charge in [0.2, 0.25) is 0 Å². The highest BCUT2D eigenvalue weighted by Gasteiger charge is 2.39. The molecule has 0 radical (unpaired) electrons. The first-order valence-electron chi connectivity index (χ1n) is 9.13. The van der Waals surface area contributed by atoms with Gasteiger partial charge in [-0.2, -0.15) is 0 Å². The standard InChI is InChI=1S/C18H27N5/c1-3-7-18(8-4-1,23-12-5-2-6-13-23)15-22-14-11-21-17(22)16-19-9-10-20-16/h9-11,14H,1-8,12-13,15H2,(H,19,20). The van der Waals surface area contributed by atoms with Crippen LogP contribution in [0.1, 0.15) is 51.4 Å². The van der Waals surface area contributed by atoms with Crippen LogP contribution in [0.5, 0.6) is 0 Å². The molecule has 1 saturated heterocycles. The second kappa shape index (κ2) is 6.48. The molecule has 124 valence electrons. The summed E-state index contributed by atoms with van der Waals surface area (Å²) < 4.78 is 2.32. The molecule has 3 heterocycles. The summed E-state index contributed by atoms with van der Waals surface area (Å²) in [4.78, 5) is 14.9. The molecule has 1 N–H and O–H groups in total. The van der Waals surface area contributed by atoms with E-state index in [0.29, 0.717) is 5.54 Å². The van der Waals surface area contributed by atoms with E-state index in [9.17, 15) is 0 Å². The second-order valence-corrected chi connectivity index (χ2v) is 7.15. The Bertz CT molecular complexity index is 603. The summed E-state index contributed by atoms with van der Waals surface area (Å²) in [7, 11) is 0. The van der Waals surface area contributed by atoms with Gasteiger partial charge in [0.15, 0.2) is 11.6 Å². The van der Waals surface area contributed by atoms with E-state index in [0.717, 1.165) is 18.2 Å². The Morgan fingerprint density at radius 2 is 1.74 bits per heavy atom. The minimum atomic E-state index is 0.320. The summed E-state index contributed by atoms with van der Waals surface area (Å²) in [5.41, 5.74) is 0.320. The number of rotatable bonds is 4. The van der Waals surface area contributed by atoms with Gasteiger partial charge in [0.05, 0.1) is 0 Å². The first-order chi connectivity index (χ1) is 11.4. The Morgan fingerprint density at radius 1 is 0.957 bits per heavy atom. The maximum Gasteiger partial charge on any atom is 0.176 e. The lowest BCUT2D eigenvalue weighted by Crippen LogP contribution is -2.54. The van der Waals surface area contributed by atoms with Crippen LogP contribution in [0.25, 0.3) is 11.6 Å². The van der Waals surface area contributed by atoms with Crippen LogP contribution in [0.4, 0.5) is 0 Å². The summed E-state index contributed by atoms with van der Waals surface area (Å²) in [5, 5.41) is 0. The minimum absolute atomic E-state index is 0.320. The topological polar surface area (TPSA) is 49.7 Å². The van der Waals surface area contributed by atoms with E-state index >= 15 is 0 Å². The zero-order valence-electron chi connectivity index (χ0n) is 13.9. The number of nitrogens with zero attached hydrogens (tertiary/aromatic N) is 4. The molecule has 2 fully saturated rings. The lowest BCUT2D eigenvalue weighted by atomic mass is 9.79. The number of hydrogen-bond donors (Lipinski definition) is 1. The molecule has 5 nitrogen and oxygen atoms in total. The second-order valence-electron chi connectivity index (χ2n) is 7.15. The number of aromatic nitrogens is 4. The monoisotopic (exact) mass is 313 g/mol. The van der Waals surface area contributed by atoms with Crippen molar-refractivity contribution in [2.45, 2.75) is 63.5 Å². The van der Waals surface area contributed by atoms with Crippen LogP contribution in [-0.2, 0) is 6.54 Å². The highest BCUT2D eigenvalue weighted by Crippen LogP contribution is 2.37. The zero-order valence-corrected chi connectivity index (χ0v) is 13.9. The third-order valence-electron chi connectivity index (χ3n) is 5.70. The number of hydrogen-bond acceptors (Lipinski definition) is 3. The molecule has 4 rings (SSSR count). The Balaban J connectivity index is 1.62. The van der Waals surface area contributed by atoms with Gasteiger partial charge in [-0.3, -0.25) is 4.90 Å². The van der Waals surface area contributed by atoms with Gasteiger partial charge in [-0.25, -0.2) is 9.97 Å². The smallest absolute Gasteiger partial charge is 0.176 e. The van der Waals surface area contributed by atoms with Crippen molar-refractivity contribution in [2.75, 3.05) is 13.1 Å². The van der Waals surface area contributed by atoms with Crippen LogP contribution in [0.2, 0.25) is 0 Å². The molecule has 1 aliphatic heterocycles. The molecular weight excluding hydrogens is 286 g/mol. The first-order valence-corrected chi connectivity index (χ1v) is 9.13. The highest BCUT2D eigenvalue weighted by atomic mass is 15.2. The summed E-state index contributed by atoms with van der Waals surface area (Å²) in [6, 6.07) is 0. The molecule has 0 amide bonds. The summed E-state index contributed by atoms with van der Waals surface area (Å²) in [5.74, 6) is 1.84. The molecule has 0 unspecified atom stereocenters. The minimum Gasteiger partial charge on any atom is -0.342 e. The Hall–Kier alpha value is -1.62. The molecule has 2 aromatic heterocycles. The Kier molecular flexibility index (Phi) is 4.21. The quantitative estimate of drug-likeness (QED) is 0.940. The van der Waals surface area contributed by atoms with Crippen molar-refractivity contribution in [2.24, 2.45) is 0 Å². The van der Waals surface area contributed by atoms with Crippen LogP contribution in [0.15, 0.2) is 24.8 Å². The maximum atomic E-state index is 4.55. The third-order valence-corrected chi connectivity index (χ3v) is 5.70. The van der Waals surface area contributed by atoms with Gasteiger partial charge in [-0.1, -0.05) is 25.7 Å². The van der Waals surface area contributed by atoms with E-state index < -0.39 is 0 Å². The first kappa shape index (κ1) is 14.9. The molecule has 2 aromatic rings. The fraction of sp³-hybridized carbons (Fsp3) is 0.667. The van der Waals surface area contributed by atoms with Crippen molar-refractivity contribution in [1.29, 1.82) is 0 Å². The maximum absolute atomic E-state index is 4.55. The molecule has 0 bridgehead atoms. The summed E-state index contributed by atoms with van der Waals surface area (Å²) in [6.45, 7) is 3.58. The number of likely N-dealkylation sites (tertiary alicyclic amines) is 1. The number of imidazole rings is 2. The molecule has 5 heteroatoms. The van der Waals surface area contributed by atoms with Crippen molar-refractivity contribution in [3.63, 3.8) is 0 Å². The van der Waals surface area contributed by atoms with E-state index in [1.165, 1.54) is 64.5 Å². The van der Waals surface area contributed by atoms with Gasteiger partial charge in [0.1, 0.15) is 0 Å². The van der Waals surface area contributed by atoms with E-state index in [2.05, 4.69) is 30.6 Å². The van der Waals surface area contributed by atoms with E-state index in [1.54, 1.807) is 6.20 Å². The summed E-state index contributed by atoms with van der Waals surface area (Å²) in [6.07, 6.45) is 18.6. The molecule has 1 aliphatic carbocycles. The average Bonchev–Trinajstić information content (AvgIpc) is 3.28. The van der Waals surface area contributed by atoms with Crippen LogP contribution in [0, 0.1) is 0 Å². The number of H-pyrrole nitrogens is 1. The molecular formula is C18H27N5. The summed E-state index contributed by atoms with van der Waals surface area (Å²) >= 11 is 0. The van der Waals surface area contributed by atoms with Crippen molar-refractivity contribution in [3.8, 4) is 11.6 Å². The van der Waals surface area contributed by atoms with Gasteiger partial charge < -0.3 is 9.55 Å². The zero-order chi connectivity index (χ0) is 15.5. The number of aromatic amines is 1. The van der Waals surface area contributed by atoms with Crippen molar-refractivity contribution >= 4 is 0 Å². The van der Waals surface area contributed by atoms with Crippen LogP contribution >= 0.6 is 0 Å². The largest absolute Gasteiger partial charge is 0.342 e. The lowest BCUT2D eigenvalue weighted by molar-refractivity contribution is 0.0199. The molecule has 1 saturated carbocycles. The van der Waals surface area contributed by atoms with Crippen molar-refractivity contribution in [1.82, 2.24) is 24.4 Å². The molecule has 0 atom stereocenters. The number of nitrogens with one attached hydrogen (secondary N) is 1. The molecule has 0 spiro atoms. The SMILES string of the molecule is c1c[nH]c(-c2nccn2CC2(N3CCCCC3)CCCCC2)n1. The Labute approximate surface area is 138 Å². The lowest BCUT2D eigenvalue weighted by Gasteiger charge is -2.48. The van der Waals surface area contributed by atoms with Gasteiger partial charge >= 0.3 is 0 Å². The van der Waals surface area contributed by atoms with E-state index in [-0.39, 0.29) is 0 Å². The van der Waals surface area contributed by atoms with Gasteiger partial charge in [0, 0.05) is 36.9 Å². The van der Waals surface area contributed by atoms with E-state index in [4.69, 9.17) is 0 Å². The predicted molar refractivity (Wildman–Crippen MR) is 91.0 cm³/mol. The Morgan fingerprint density at radius 3 is 2.48 bits per heavy atom.